The van der Waals surface area contributed by atoms with Gasteiger partial charge in [0, 0.05) is 17.1 Å². The summed E-state index contributed by atoms with van der Waals surface area (Å²) in [4.78, 5) is 0. The Labute approximate surface area is 102 Å². The number of rotatable bonds is 4. The van der Waals surface area contributed by atoms with E-state index in [0.29, 0.717) is 18.9 Å². The number of hydrogen-bond donors (Lipinski definition) is 1. The molecule has 0 bridgehead atoms. The molecule has 2 aromatic rings. The molecule has 5 heteroatoms. The predicted molar refractivity (Wildman–Crippen MR) is 62.9 cm³/mol. The van der Waals surface area contributed by atoms with Gasteiger partial charge in [-0.2, -0.15) is 0 Å². The molecule has 1 heterocycles. The summed E-state index contributed by atoms with van der Waals surface area (Å²) in [7, 11) is 0. The van der Waals surface area contributed by atoms with Crippen LogP contribution in [0, 0.1) is 0 Å². The number of nitrogens with zero attached hydrogens (tertiary/aromatic N) is 1. The van der Waals surface area contributed by atoms with Gasteiger partial charge in [0.25, 0.3) is 0 Å². The third kappa shape index (κ3) is 2.62. The molecule has 0 aliphatic heterocycles. The summed E-state index contributed by atoms with van der Waals surface area (Å²) in [5.74, 6) is 1.46. The molecular formula is C11H11BrN2O2. The van der Waals surface area contributed by atoms with Crippen LogP contribution < -0.4 is 10.5 Å². The van der Waals surface area contributed by atoms with Crippen molar-refractivity contribution in [3.8, 4) is 5.75 Å². The zero-order valence-corrected chi connectivity index (χ0v) is 10.1. The first-order valence-corrected chi connectivity index (χ1v) is 5.60. The fourth-order valence-electron chi connectivity index (χ4n) is 1.27. The summed E-state index contributed by atoms with van der Waals surface area (Å²) in [5.41, 5.74) is 6.61. The summed E-state index contributed by atoms with van der Waals surface area (Å²) in [6.07, 6.45) is 1.59. The van der Waals surface area contributed by atoms with Crippen LogP contribution in [0.25, 0.3) is 0 Å². The van der Waals surface area contributed by atoms with E-state index in [0.717, 1.165) is 15.8 Å². The van der Waals surface area contributed by atoms with E-state index in [1.165, 1.54) is 0 Å². The zero-order valence-electron chi connectivity index (χ0n) is 8.52. The third-order valence-electron chi connectivity index (χ3n) is 2.11. The van der Waals surface area contributed by atoms with Crippen molar-refractivity contribution in [3.05, 3.63) is 46.3 Å². The Bertz CT molecular complexity index is 457. The van der Waals surface area contributed by atoms with Gasteiger partial charge < -0.3 is 15.0 Å². The van der Waals surface area contributed by atoms with E-state index in [-0.39, 0.29) is 0 Å². The van der Waals surface area contributed by atoms with Gasteiger partial charge in [0.1, 0.15) is 12.4 Å². The van der Waals surface area contributed by atoms with E-state index in [1.807, 2.05) is 18.2 Å². The molecular weight excluding hydrogens is 272 g/mol. The molecule has 0 saturated carbocycles. The molecule has 84 valence electrons. The predicted octanol–water partition coefficient (Wildman–Crippen LogP) is 2.47. The molecule has 2 rings (SSSR count). The molecule has 0 saturated heterocycles. The first-order valence-electron chi connectivity index (χ1n) is 4.80. The van der Waals surface area contributed by atoms with Crippen LogP contribution in [-0.4, -0.2) is 5.16 Å². The van der Waals surface area contributed by atoms with E-state index in [9.17, 15) is 0 Å². The Morgan fingerprint density at radius 2 is 2.25 bits per heavy atom. The van der Waals surface area contributed by atoms with Crippen LogP contribution >= 0.6 is 15.9 Å². The fraction of sp³-hybridized carbons (Fsp3) is 0.182. The lowest BCUT2D eigenvalue weighted by Crippen LogP contribution is -1.99. The second-order valence-electron chi connectivity index (χ2n) is 3.22. The highest BCUT2D eigenvalue weighted by Crippen LogP contribution is 2.22. The standard InChI is InChI=1S/C11H11BrN2O2/c12-11-2-1-9(5-8(11)6-13)15-7-10-3-4-14-16-10/h1-5H,6-7,13H2. The maximum atomic E-state index is 5.60. The van der Waals surface area contributed by atoms with Crippen LogP contribution in [0.4, 0.5) is 0 Å². The average molecular weight is 283 g/mol. The first-order chi connectivity index (χ1) is 7.79. The Morgan fingerprint density at radius 1 is 1.38 bits per heavy atom. The Kier molecular flexibility index (Phi) is 3.58. The van der Waals surface area contributed by atoms with Crippen LogP contribution in [0.1, 0.15) is 11.3 Å². The molecule has 1 aromatic carbocycles. The highest BCUT2D eigenvalue weighted by Gasteiger charge is 2.02. The molecule has 0 radical (unpaired) electrons. The van der Waals surface area contributed by atoms with Crippen molar-refractivity contribution in [3.63, 3.8) is 0 Å². The smallest absolute Gasteiger partial charge is 0.174 e. The summed E-state index contributed by atoms with van der Waals surface area (Å²) in [6, 6.07) is 7.46. The summed E-state index contributed by atoms with van der Waals surface area (Å²) >= 11 is 3.42. The van der Waals surface area contributed by atoms with Gasteiger partial charge >= 0.3 is 0 Å². The maximum absolute atomic E-state index is 5.60. The van der Waals surface area contributed by atoms with Crippen molar-refractivity contribution in [1.82, 2.24) is 5.16 Å². The quantitative estimate of drug-likeness (QED) is 0.936. The molecule has 0 atom stereocenters. The van der Waals surface area contributed by atoms with Crippen molar-refractivity contribution < 1.29 is 9.26 Å². The lowest BCUT2D eigenvalue weighted by atomic mass is 10.2. The average Bonchev–Trinajstić information content (AvgIpc) is 2.81. The highest BCUT2D eigenvalue weighted by molar-refractivity contribution is 9.10. The first kappa shape index (κ1) is 11.2. The number of halogens is 1. The van der Waals surface area contributed by atoms with Crippen molar-refractivity contribution in [2.24, 2.45) is 5.73 Å². The van der Waals surface area contributed by atoms with Crippen LogP contribution in [0.2, 0.25) is 0 Å². The minimum atomic E-state index is 0.367. The highest BCUT2D eigenvalue weighted by atomic mass is 79.9. The number of hydrogen-bond acceptors (Lipinski definition) is 4. The summed E-state index contributed by atoms with van der Waals surface area (Å²) < 4.78 is 11.5. The number of ether oxygens (including phenoxy) is 1. The number of nitrogens with two attached hydrogens (primary N) is 1. The minimum absolute atomic E-state index is 0.367. The van der Waals surface area contributed by atoms with Crippen molar-refractivity contribution in [2.45, 2.75) is 13.2 Å². The van der Waals surface area contributed by atoms with Gasteiger partial charge in [-0.1, -0.05) is 21.1 Å². The second-order valence-corrected chi connectivity index (χ2v) is 4.08. The van der Waals surface area contributed by atoms with Crippen LogP contribution in [-0.2, 0) is 13.2 Å². The summed E-state index contributed by atoms with van der Waals surface area (Å²) in [5, 5.41) is 3.60. The van der Waals surface area contributed by atoms with Gasteiger partial charge in [-0.3, -0.25) is 0 Å². The third-order valence-corrected chi connectivity index (χ3v) is 2.88. The van der Waals surface area contributed by atoms with E-state index < -0.39 is 0 Å². The fourth-order valence-corrected chi connectivity index (χ4v) is 1.68. The van der Waals surface area contributed by atoms with Crippen molar-refractivity contribution >= 4 is 15.9 Å². The van der Waals surface area contributed by atoms with Gasteiger partial charge in [-0.05, 0) is 23.8 Å². The molecule has 0 unspecified atom stereocenters. The molecule has 0 spiro atoms. The largest absolute Gasteiger partial charge is 0.486 e. The van der Waals surface area contributed by atoms with Gasteiger partial charge in [0.2, 0.25) is 0 Å². The van der Waals surface area contributed by atoms with Gasteiger partial charge in [0.15, 0.2) is 5.76 Å². The normalized spacial score (nSPS) is 10.4. The molecule has 16 heavy (non-hydrogen) atoms. The molecule has 4 nitrogen and oxygen atoms in total. The Balaban J connectivity index is 2.04. The molecule has 2 N–H and O–H groups in total. The second kappa shape index (κ2) is 5.14. The molecule has 0 amide bonds. The maximum Gasteiger partial charge on any atom is 0.174 e. The number of aromatic nitrogens is 1. The lowest BCUT2D eigenvalue weighted by molar-refractivity contribution is 0.249. The van der Waals surface area contributed by atoms with E-state index in [1.54, 1.807) is 12.3 Å². The number of benzene rings is 1. The molecule has 0 aliphatic rings. The van der Waals surface area contributed by atoms with E-state index in [2.05, 4.69) is 21.1 Å². The Hall–Kier alpha value is -1.33. The molecule has 0 aliphatic carbocycles. The van der Waals surface area contributed by atoms with Gasteiger partial charge in [0.05, 0.1) is 6.20 Å². The monoisotopic (exact) mass is 282 g/mol. The van der Waals surface area contributed by atoms with Crippen LogP contribution in [0.3, 0.4) is 0 Å². The van der Waals surface area contributed by atoms with Crippen molar-refractivity contribution in [2.75, 3.05) is 0 Å². The molecule has 0 fully saturated rings. The molecule has 1 aromatic heterocycles. The Morgan fingerprint density at radius 3 is 2.94 bits per heavy atom. The van der Waals surface area contributed by atoms with E-state index in [4.69, 9.17) is 15.0 Å². The van der Waals surface area contributed by atoms with Gasteiger partial charge in [-0.15, -0.1) is 0 Å². The zero-order chi connectivity index (χ0) is 11.4. The summed E-state index contributed by atoms with van der Waals surface area (Å²) in [6.45, 7) is 0.839. The van der Waals surface area contributed by atoms with Crippen molar-refractivity contribution in [1.29, 1.82) is 0 Å². The minimum Gasteiger partial charge on any atom is -0.486 e. The van der Waals surface area contributed by atoms with Crippen LogP contribution in [0.5, 0.6) is 5.75 Å². The topological polar surface area (TPSA) is 61.3 Å². The SMILES string of the molecule is NCc1cc(OCc2ccno2)ccc1Br. The lowest BCUT2D eigenvalue weighted by Gasteiger charge is -2.07. The van der Waals surface area contributed by atoms with E-state index >= 15 is 0 Å². The van der Waals surface area contributed by atoms with Gasteiger partial charge in [-0.25, -0.2) is 0 Å². The van der Waals surface area contributed by atoms with Crippen LogP contribution in [0.15, 0.2) is 39.5 Å².